The molecule has 2 N–H and O–H groups in total. The van der Waals surface area contributed by atoms with Gasteiger partial charge in [0.15, 0.2) is 6.61 Å². The third-order valence-electron chi connectivity index (χ3n) is 4.06. The van der Waals surface area contributed by atoms with Crippen LogP contribution in [0.25, 0.3) is 6.08 Å². The topological polar surface area (TPSA) is 122 Å². The number of nitrogens with zero attached hydrogens (tertiary/aromatic N) is 1. The summed E-state index contributed by atoms with van der Waals surface area (Å²) in [6.07, 6.45) is 1.34. The molecule has 0 spiro atoms. The number of rotatable bonds is 7. The lowest BCUT2D eigenvalue weighted by Gasteiger charge is -2.26. The fourth-order valence-corrected chi connectivity index (χ4v) is 2.72. The van der Waals surface area contributed by atoms with Gasteiger partial charge in [-0.2, -0.15) is 0 Å². The van der Waals surface area contributed by atoms with Crippen LogP contribution in [0.1, 0.15) is 12.5 Å². The molecule has 0 radical (unpaired) electrons. The summed E-state index contributed by atoms with van der Waals surface area (Å²) >= 11 is 0. The Morgan fingerprint density at radius 3 is 2.20 bits per heavy atom. The lowest BCUT2D eigenvalue weighted by molar-refractivity contribution is -0.139. The van der Waals surface area contributed by atoms with Gasteiger partial charge in [0, 0.05) is 0 Å². The smallest absolute Gasteiger partial charge is 0.341 e. The zero-order valence-corrected chi connectivity index (χ0v) is 16.0. The summed E-state index contributed by atoms with van der Waals surface area (Å²) in [5.41, 5.74) is 0.566. The van der Waals surface area contributed by atoms with Crippen molar-refractivity contribution in [2.75, 3.05) is 18.1 Å². The van der Waals surface area contributed by atoms with Gasteiger partial charge >= 0.3 is 12.0 Å². The summed E-state index contributed by atoms with van der Waals surface area (Å²) < 4.78 is 10.4. The number of carboxylic acid groups (broad SMARTS) is 1. The number of nitrogens with one attached hydrogen (secondary N) is 1. The van der Waals surface area contributed by atoms with Gasteiger partial charge in [0.05, 0.1) is 12.3 Å². The zero-order valence-electron chi connectivity index (χ0n) is 16.0. The summed E-state index contributed by atoms with van der Waals surface area (Å²) in [6.45, 7) is 1.83. The van der Waals surface area contributed by atoms with Crippen molar-refractivity contribution in [1.29, 1.82) is 0 Å². The van der Waals surface area contributed by atoms with E-state index in [-0.39, 0.29) is 11.3 Å². The number of carbonyl (C=O) groups is 4. The number of carbonyl (C=O) groups excluding carboxylic acids is 3. The maximum Gasteiger partial charge on any atom is 0.341 e. The Kier molecular flexibility index (Phi) is 6.11. The highest BCUT2D eigenvalue weighted by Crippen LogP contribution is 2.24. The van der Waals surface area contributed by atoms with E-state index >= 15 is 0 Å². The van der Waals surface area contributed by atoms with Crippen molar-refractivity contribution in [2.45, 2.75) is 6.92 Å². The molecule has 1 heterocycles. The second-order valence-electron chi connectivity index (χ2n) is 6.14. The van der Waals surface area contributed by atoms with Crippen LogP contribution in [-0.4, -0.2) is 42.1 Å². The minimum absolute atomic E-state index is 0.220. The van der Waals surface area contributed by atoms with Gasteiger partial charge in [-0.25, -0.2) is 14.5 Å². The summed E-state index contributed by atoms with van der Waals surface area (Å²) in [6, 6.07) is 11.6. The quantitative estimate of drug-likeness (QED) is 0.530. The van der Waals surface area contributed by atoms with Gasteiger partial charge in [0.1, 0.15) is 17.1 Å². The minimum atomic E-state index is -1.11. The molecule has 4 amide bonds. The Labute approximate surface area is 171 Å². The predicted molar refractivity (Wildman–Crippen MR) is 106 cm³/mol. The van der Waals surface area contributed by atoms with E-state index in [1.54, 1.807) is 36.4 Å². The molecule has 0 bridgehead atoms. The number of hydrogen-bond donors (Lipinski definition) is 2. The molecule has 3 rings (SSSR count). The van der Waals surface area contributed by atoms with Gasteiger partial charge < -0.3 is 14.6 Å². The first-order valence-electron chi connectivity index (χ1n) is 8.98. The third kappa shape index (κ3) is 4.64. The molecule has 0 saturated carbocycles. The van der Waals surface area contributed by atoms with Crippen molar-refractivity contribution in [3.63, 3.8) is 0 Å². The first-order chi connectivity index (χ1) is 14.4. The van der Waals surface area contributed by atoms with Crippen LogP contribution in [-0.2, 0) is 14.4 Å². The van der Waals surface area contributed by atoms with Crippen LogP contribution in [0.3, 0.4) is 0 Å². The van der Waals surface area contributed by atoms with Crippen LogP contribution in [0, 0.1) is 0 Å². The monoisotopic (exact) mass is 410 g/mol. The number of imide groups is 2. The highest BCUT2D eigenvalue weighted by Gasteiger charge is 2.36. The van der Waals surface area contributed by atoms with E-state index in [0.717, 1.165) is 4.90 Å². The lowest BCUT2D eigenvalue weighted by atomic mass is 10.1. The van der Waals surface area contributed by atoms with Crippen molar-refractivity contribution in [2.24, 2.45) is 0 Å². The molecule has 2 aromatic carbocycles. The number of carboxylic acids is 1. The molecule has 9 heteroatoms. The fourth-order valence-electron chi connectivity index (χ4n) is 2.72. The van der Waals surface area contributed by atoms with Crippen molar-refractivity contribution in [3.8, 4) is 11.5 Å². The number of barbiturate groups is 1. The largest absolute Gasteiger partial charge is 0.494 e. The van der Waals surface area contributed by atoms with Crippen LogP contribution in [0.15, 0.2) is 54.1 Å². The maximum absolute atomic E-state index is 12.9. The maximum atomic E-state index is 12.9. The van der Waals surface area contributed by atoms with Crippen LogP contribution in [0.4, 0.5) is 10.5 Å². The average Bonchev–Trinajstić information content (AvgIpc) is 2.72. The molecular weight excluding hydrogens is 392 g/mol. The van der Waals surface area contributed by atoms with E-state index in [2.05, 4.69) is 5.32 Å². The Morgan fingerprint density at radius 1 is 1.00 bits per heavy atom. The van der Waals surface area contributed by atoms with Crippen LogP contribution < -0.4 is 19.7 Å². The first-order valence-corrected chi connectivity index (χ1v) is 8.98. The summed E-state index contributed by atoms with van der Waals surface area (Å²) in [5.74, 6) is -1.77. The number of urea groups is 1. The lowest BCUT2D eigenvalue weighted by Crippen LogP contribution is -2.54. The van der Waals surface area contributed by atoms with Crippen molar-refractivity contribution < 1.29 is 33.8 Å². The Hall–Kier alpha value is -4.14. The number of hydrogen-bond acceptors (Lipinski definition) is 6. The highest BCUT2D eigenvalue weighted by atomic mass is 16.5. The molecule has 154 valence electrons. The van der Waals surface area contributed by atoms with Gasteiger partial charge in [-0.1, -0.05) is 12.1 Å². The van der Waals surface area contributed by atoms with Gasteiger partial charge in [0.25, 0.3) is 11.8 Å². The summed E-state index contributed by atoms with van der Waals surface area (Å²) in [7, 11) is 0. The van der Waals surface area contributed by atoms with E-state index in [0.29, 0.717) is 23.7 Å². The predicted octanol–water partition coefficient (Wildman–Crippen LogP) is 2.22. The molecule has 1 fully saturated rings. The molecule has 2 aromatic rings. The van der Waals surface area contributed by atoms with Gasteiger partial charge in [-0.3, -0.25) is 14.9 Å². The van der Waals surface area contributed by atoms with E-state index in [4.69, 9.17) is 14.6 Å². The molecule has 1 saturated heterocycles. The Bertz CT molecular complexity index is 1010. The number of amides is 4. The number of benzene rings is 2. The highest BCUT2D eigenvalue weighted by molar-refractivity contribution is 6.39. The second kappa shape index (κ2) is 8.91. The van der Waals surface area contributed by atoms with Crippen molar-refractivity contribution >= 4 is 35.6 Å². The Morgan fingerprint density at radius 2 is 1.60 bits per heavy atom. The minimum Gasteiger partial charge on any atom is -0.494 e. The molecule has 0 unspecified atom stereocenters. The SMILES string of the molecule is CCOc1ccc(N2C(=O)NC(=O)/C(=C\c3ccc(OCC(=O)O)cc3)C2=O)cc1. The average molecular weight is 410 g/mol. The molecule has 9 nitrogen and oxygen atoms in total. The van der Waals surface area contributed by atoms with E-state index in [1.165, 1.54) is 18.2 Å². The standard InChI is InChI=1S/C21H18N2O7/c1-2-29-15-9-5-14(6-10-15)23-20(27)17(19(26)22-21(23)28)11-13-3-7-16(8-4-13)30-12-18(24)25/h3-11H,2,12H2,1H3,(H,24,25)(H,22,26,28)/b17-11+. The van der Waals surface area contributed by atoms with Gasteiger partial charge in [0.2, 0.25) is 0 Å². The third-order valence-corrected chi connectivity index (χ3v) is 4.06. The molecule has 0 atom stereocenters. The molecule has 1 aliphatic rings. The Balaban J connectivity index is 1.83. The molecular formula is C21H18N2O7. The number of anilines is 1. The summed E-state index contributed by atoms with van der Waals surface area (Å²) in [4.78, 5) is 48.7. The van der Waals surface area contributed by atoms with E-state index < -0.39 is 30.4 Å². The fraction of sp³-hybridized carbons (Fsp3) is 0.143. The number of ether oxygens (including phenoxy) is 2. The van der Waals surface area contributed by atoms with Gasteiger partial charge in [-0.15, -0.1) is 0 Å². The van der Waals surface area contributed by atoms with Crippen molar-refractivity contribution in [1.82, 2.24) is 5.32 Å². The van der Waals surface area contributed by atoms with Crippen molar-refractivity contribution in [3.05, 3.63) is 59.7 Å². The molecule has 0 aromatic heterocycles. The first kappa shape index (κ1) is 20.6. The number of aliphatic carboxylic acids is 1. The van der Waals surface area contributed by atoms with Crippen LogP contribution in [0.2, 0.25) is 0 Å². The second-order valence-corrected chi connectivity index (χ2v) is 6.14. The summed E-state index contributed by atoms with van der Waals surface area (Å²) in [5, 5.41) is 10.8. The zero-order chi connectivity index (χ0) is 21.7. The van der Waals surface area contributed by atoms with E-state index in [9.17, 15) is 19.2 Å². The molecule has 1 aliphatic heterocycles. The van der Waals surface area contributed by atoms with Crippen LogP contribution in [0.5, 0.6) is 11.5 Å². The molecule has 0 aliphatic carbocycles. The van der Waals surface area contributed by atoms with E-state index in [1.807, 2.05) is 6.92 Å². The molecule has 30 heavy (non-hydrogen) atoms. The van der Waals surface area contributed by atoms with Crippen LogP contribution >= 0.6 is 0 Å². The van der Waals surface area contributed by atoms with Gasteiger partial charge in [-0.05, 0) is 55.0 Å². The normalized spacial score (nSPS) is 15.2.